The molecule has 0 saturated carbocycles. The van der Waals surface area contributed by atoms with Crippen molar-refractivity contribution >= 4 is 33.3 Å². The minimum Gasteiger partial charge on any atom is -0.429 e. The second-order valence-electron chi connectivity index (χ2n) is 8.56. The number of likely N-dealkylation sites (tertiary alicyclic amines) is 1. The monoisotopic (exact) mass is 474 g/mol. The van der Waals surface area contributed by atoms with Crippen LogP contribution in [0.3, 0.4) is 0 Å². The summed E-state index contributed by atoms with van der Waals surface area (Å²) in [6.45, 7) is 7.42. The highest BCUT2D eigenvalue weighted by atomic mass is 32.2. The van der Waals surface area contributed by atoms with Gasteiger partial charge in [0.05, 0.1) is 23.5 Å². The number of aromatic nitrogens is 1. The minimum atomic E-state index is -3.53. The van der Waals surface area contributed by atoms with Crippen LogP contribution in [0, 0.1) is 10.8 Å². The lowest BCUT2D eigenvalue weighted by Gasteiger charge is -2.29. The Morgan fingerprint density at radius 2 is 1.78 bits per heavy atom. The summed E-state index contributed by atoms with van der Waals surface area (Å²) in [7, 11) is -3.53. The van der Waals surface area contributed by atoms with Crippen LogP contribution in [0.15, 0.2) is 57.8 Å². The quantitative estimate of drug-likeness (QED) is 0.508. The third-order valence-corrected chi connectivity index (χ3v) is 8.89. The molecule has 0 unspecified atom stereocenters. The van der Waals surface area contributed by atoms with E-state index >= 15 is 0 Å². The molecule has 0 spiro atoms. The first kappa shape index (κ1) is 23.2. The van der Waals surface area contributed by atoms with Crippen LogP contribution >= 0.6 is 12.2 Å². The molecule has 0 bridgehead atoms. The highest BCUT2D eigenvalue weighted by Gasteiger charge is 2.25. The maximum atomic E-state index is 13.0. The van der Waals surface area contributed by atoms with Gasteiger partial charge in [0, 0.05) is 13.1 Å². The van der Waals surface area contributed by atoms with Crippen LogP contribution in [0.2, 0.25) is 0 Å². The molecule has 3 aromatic rings. The van der Waals surface area contributed by atoms with E-state index in [-0.39, 0.29) is 4.90 Å². The molecule has 0 atom stereocenters. The van der Waals surface area contributed by atoms with Gasteiger partial charge in [-0.15, -0.1) is 0 Å². The van der Waals surface area contributed by atoms with E-state index in [2.05, 4.69) is 30.3 Å². The fourth-order valence-electron chi connectivity index (χ4n) is 4.68. The molecule has 1 saturated heterocycles. The zero-order chi connectivity index (χ0) is 22.7. The maximum absolute atomic E-state index is 13.0. The van der Waals surface area contributed by atoms with Gasteiger partial charge in [0.2, 0.25) is 10.0 Å². The molecule has 0 aliphatic carbocycles. The fourth-order valence-corrected chi connectivity index (χ4v) is 6.42. The predicted molar refractivity (Wildman–Crippen MR) is 129 cm³/mol. The minimum absolute atomic E-state index is 0.287. The summed E-state index contributed by atoms with van der Waals surface area (Å²) < 4.78 is 35.2. The number of quaternary nitrogens is 1. The summed E-state index contributed by atoms with van der Waals surface area (Å²) in [4.78, 5) is 2.14. The SMILES string of the molecule is CCN(CC)S(=O)(=O)c1ccc2oc(=S)n(C[NH+]3CCC(Cc4ccccc4)CC3)c2c1. The molecule has 6 nitrogen and oxygen atoms in total. The molecule has 8 heteroatoms. The normalized spacial score (nSPS) is 19.6. The van der Waals surface area contributed by atoms with E-state index in [0.29, 0.717) is 36.1 Å². The van der Waals surface area contributed by atoms with Crippen molar-refractivity contribution in [2.75, 3.05) is 26.2 Å². The first-order valence-electron chi connectivity index (χ1n) is 11.4. The average Bonchev–Trinajstić information content (AvgIpc) is 3.11. The third-order valence-electron chi connectivity index (χ3n) is 6.54. The number of hydrogen-bond acceptors (Lipinski definition) is 4. The molecule has 172 valence electrons. The second-order valence-corrected chi connectivity index (χ2v) is 10.8. The molecule has 1 fully saturated rings. The summed E-state index contributed by atoms with van der Waals surface area (Å²) in [5, 5.41) is 0. The molecule has 32 heavy (non-hydrogen) atoms. The number of piperidine rings is 1. The van der Waals surface area contributed by atoms with Crippen molar-refractivity contribution in [3.63, 3.8) is 0 Å². The number of sulfonamides is 1. The predicted octanol–water partition coefficient (Wildman–Crippen LogP) is 3.49. The molecule has 2 heterocycles. The molecule has 1 aliphatic heterocycles. The van der Waals surface area contributed by atoms with E-state index < -0.39 is 10.0 Å². The van der Waals surface area contributed by atoms with Crippen molar-refractivity contribution in [2.45, 2.75) is 44.7 Å². The Kier molecular flexibility index (Phi) is 7.14. The largest absolute Gasteiger partial charge is 0.429 e. The number of benzene rings is 2. The van der Waals surface area contributed by atoms with Gasteiger partial charge in [0.1, 0.15) is 0 Å². The van der Waals surface area contributed by atoms with Gasteiger partial charge < -0.3 is 9.32 Å². The highest BCUT2D eigenvalue weighted by Crippen LogP contribution is 2.24. The average molecular weight is 475 g/mol. The molecule has 0 radical (unpaired) electrons. The Balaban J connectivity index is 1.50. The van der Waals surface area contributed by atoms with Crippen molar-refractivity contribution in [1.82, 2.24) is 8.87 Å². The van der Waals surface area contributed by atoms with E-state index in [4.69, 9.17) is 16.6 Å². The van der Waals surface area contributed by atoms with Crippen LogP contribution in [0.4, 0.5) is 0 Å². The Hall–Kier alpha value is -2.00. The third kappa shape index (κ3) is 4.83. The molecule has 1 aromatic heterocycles. The van der Waals surface area contributed by atoms with Gasteiger partial charge in [-0.25, -0.2) is 8.42 Å². The standard InChI is InChI=1S/C24H31N3O3S2/c1-3-26(4-2)32(28,29)21-10-11-23-22(17-21)27(24(31)30-23)18-25-14-12-20(13-15-25)16-19-8-6-5-7-9-19/h5-11,17,20H,3-4,12-16,18H2,1-2H3/p+1. The van der Waals surface area contributed by atoms with Crippen LogP contribution in [-0.4, -0.2) is 43.5 Å². The molecule has 1 N–H and O–H groups in total. The van der Waals surface area contributed by atoms with Gasteiger partial charge in [0.25, 0.3) is 4.84 Å². The van der Waals surface area contributed by atoms with Crippen molar-refractivity contribution in [1.29, 1.82) is 0 Å². The maximum Gasteiger partial charge on any atom is 0.274 e. The van der Waals surface area contributed by atoms with E-state index in [1.54, 1.807) is 18.2 Å². The van der Waals surface area contributed by atoms with Gasteiger partial charge in [-0.1, -0.05) is 44.2 Å². The Labute approximate surface area is 195 Å². The summed E-state index contributed by atoms with van der Waals surface area (Å²) in [6.07, 6.45) is 3.48. The lowest BCUT2D eigenvalue weighted by Crippen LogP contribution is -3.12. The lowest BCUT2D eigenvalue weighted by molar-refractivity contribution is -0.928. The number of nitrogens with one attached hydrogen (secondary N) is 1. The van der Waals surface area contributed by atoms with Crippen molar-refractivity contribution in [3.05, 3.63) is 58.9 Å². The summed E-state index contributed by atoms with van der Waals surface area (Å²) in [6, 6.07) is 15.7. The van der Waals surface area contributed by atoms with E-state index in [1.807, 2.05) is 18.4 Å². The van der Waals surface area contributed by atoms with Crippen LogP contribution < -0.4 is 4.90 Å². The number of nitrogens with zero attached hydrogens (tertiary/aromatic N) is 2. The molecule has 0 amide bonds. The van der Waals surface area contributed by atoms with Gasteiger partial charge in [-0.2, -0.15) is 4.31 Å². The van der Waals surface area contributed by atoms with Crippen molar-refractivity contribution < 1.29 is 17.7 Å². The zero-order valence-corrected chi connectivity index (χ0v) is 20.4. The summed E-state index contributed by atoms with van der Waals surface area (Å²) in [5.41, 5.74) is 2.79. The smallest absolute Gasteiger partial charge is 0.274 e. The zero-order valence-electron chi connectivity index (χ0n) is 18.8. The molecular weight excluding hydrogens is 442 g/mol. The number of oxazole rings is 1. The number of rotatable bonds is 8. The summed E-state index contributed by atoms with van der Waals surface area (Å²) >= 11 is 5.49. The Bertz CT molecular complexity index is 1210. The first-order valence-corrected chi connectivity index (χ1v) is 13.3. The van der Waals surface area contributed by atoms with Gasteiger partial charge in [-0.3, -0.25) is 4.57 Å². The van der Waals surface area contributed by atoms with E-state index in [0.717, 1.165) is 25.0 Å². The highest BCUT2D eigenvalue weighted by molar-refractivity contribution is 7.89. The van der Waals surface area contributed by atoms with Crippen LogP contribution in [0.1, 0.15) is 32.3 Å². The first-order chi connectivity index (χ1) is 15.4. The van der Waals surface area contributed by atoms with E-state index in [9.17, 15) is 8.42 Å². The topological polar surface area (TPSA) is 59.9 Å². The summed E-state index contributed by atoms with van der Waals surface area (Å²) in [5.74, 6) is 0.709. The van der Waals surface area contributed by atoms with Crippen molar-refractivity contribution in [3.8, 4) is 0 Å². The lowest BCUT2D eigenvalue weighted by atomic mass is 9.90. The number of hydrogen-bond donors (Lipinski definition) is 1. The second kappa shape index (κ2) is 9.87. The number of fused-ring (bicyclic) bond motifs is 1. The van der Waals surface area contributed by atoms with Crippen LogP contribution in [0.5, 0.6) is 0 Å². The van der Waals surface area contributed by atoms with Crippen molar-refractivity contribution in [2.24, 2.45) is 5.92 Å². The fraction of sp³-hybridized carbons (Fsp3) is 0.458. The van der Waals surface area contributed by atoms with Crippen LogP contribution in [-0.2, 0) is 23.1 Å². The molecule has 2 aromatic carbocycles. The Morgan fingerprint density at radius 3 is 2.44 bits per heavy atom. The van der Waals surface area contributed by atoms with Crippen LogP contribution in [0.25, 0.3) is 11.1 Å². The molecule has 4 rings (SSSR count). The van der Waals surface area contributed by atoms with Gasteiger partial charge in [0.15, 0.2) is 12.3 Å². The molecule has 1 aliphatic rings. The molecular formula is C24H32N3O3S2+. The van der Waals surface area contributed by atoms with Gasteiger partial charge >= 0.3 is 0 Å². The van der Waals surface area contributed by atoms with Gasteiger partial charge in [-0.05, 0) is 61.2 Å². The Morgan fingerprint density at radius 1 is 1.09 bits per heavy atom. The van der Waals surface area contributed by atoms with E-state index in [1.165, 1.54) is 27.6 Å².